The van der Waals surface area contributed by atoms with Crippen molar-refractivity contribution in [3.05, 3.63) is 52.4 Å². The van der Waals surface area contributed by atoms with Gasteiger partial charge < -0.3 is 19.3 Å². The van der Waals surface area contributed by atoms with Gasteiger partial charge in [-0.05, 0) is 30.5 Å². The third-order valence-corrected chi connectivity index (χ3v) is 4.08. The van der Waals surface area contributed by atoms with Crippen LogP contribution in [0.3, 0.4) is 0 Å². The van der Waals surface area contributed by atoms with E-state index >= 15 is 0 Å². The van der Waals surface area contributed by atoms with E-state index in [0.717, 1.165) is 5.56 Å². The molecule has 0 aliphatic heterocycles. The summed E-state index contributed by atoms with van der Waals surface area (Å²) in [7, 11) is 0. The second kappa shape index (κ2) is 6.80. The van der Waals surface area contributed by atoms with Crippen molar-refractivity contribution in [2.24, 2.45) is 0 Å². The topological polar surface area (TPSA) is 88.5 Å². The second-order valence-corrected chi connectivity index (χ2v) is 5.81. The van der Waals surface area contributed by atoms with Crippen molar-refractivity contribution in [3.63, 3.8) is 0 Å². The lowest BCUT2D eigenvalue weighted by Gasteiger charge is -2.13. The number of carbonyl (C=O) groups excluding carboxylic acids is 1. The van der Waals surface area contributed by atoms with Gasteiger partial charge in [0.2, 0.25) is 11.8 Å². The van der Waals surface area contributed by atoms with Crippen LogP contribution in [0, 0.1) is 6.92 Å². The normalized spacial score (nSPS) is 12.3. The molecule has 120 valence electrons. The van der Waals surface area contributed by atoms with Gasteiger partial charge in [-0.1, -0.05) is 0 Å². The minimum Gasteiger partial charge on any atom is -0.467 e. The predicted molar refractivity (Wildman–Crippen MR) is 84.9 cm³/mol. The zero-order valence-electron chi connectivity index (χ0n) is 12.5. The number of thiophene rings is 1. The third-order valence-electron chi connectivity index (χ3n) is 3.39. The first-order valence-corrected chi connectivity index (χ1v) is 8.04. The SMILES string of the molecule is Cc1oc(-c2ccsc2)nc1CC(=O)NC(CO)c1ccco1. The molecule has 0 saturated carbocycles. The number of aliphatic hydroxyl groups is 1. The highest BCUT2D eigenvalue weighted by Gasteiger charge is 2.19. The second-order valence-electron chi connectivity index (χ2n) is 5.03. The molecule has 1 unspecified atom stereocenters. The predicted octanol–water partition coefficient (Wildman–Crippen LogP) is 2.70. The Labute approximate surface area is 136 Å². The molecule has 0 fully saturated rings. The largest absolute Gasteiger partial charge is 0.467 e. The van der Waals surface area contributed by atoms with Gasteiger partial charge in [-0.25, -0.2) is 4.98 Å². The van der Waals surface area contributed by atoms with Crippen molar-refractivity contribution >= 4 is 17.2 Å². The number of rotatable bonds is 6. The Kier molecular flexibility index (Phi) is 4.59. The average Bonchev–Trinajstić information content (AvgIpc) is 3.27. The molecule has 0 saturated heterocycles. The van der Waals surface area contributed by atoms with Crippen LogP contribution in [0.15, 0.2) is 44.1 Å². The molecule has 3 aromatic heterocycles. The fraction of sp³-hybridized carbons (Fsp3) is 0.250. The van der Waals surface area contributed by atoms with Crippen molar-refractivity contribution in [2.75, 3.05) is 6.61 Å². The summed E-state index contributed by atoms with van der Waals surface area (Å²) in [5, 5.41) is 16.0. The summed E-state index contributed by atoms with van der Waals surface area (Å²) in [6.45, 7) is 1.54. The lowest BCUT2D eigenvalue weighted by molar-refractivity contribution is -0.121. The highest BCUT2D eigenvalue weighted by atomic mass is 32.1. The summed E-state index contributed by atoms with van der Waals surface area (Å²) in [5.41, 5.74) is 1.48. The Morgan fingerprint density at radius 2 is 2.35 bits per heavy atom. The number of carbonyl (C=O) groups is 1. The van der Waals surface area contributed by atoms with Gasteiger partial charge in [0.25, 0.3) is 0 Å². The van der Waals surface area contributed by atoms with E-state index in [1.54, 1.807) is 30.4 Å². The fourth-order valence-electron chi connectivity index (χ4n) is 2.20. The molecule has 0 aromatic carbocycles. The Morgan fingerprint density at radius 3 is 3.00 bits per heavy atom. The average molecular weight is 332 g/mol. The van der Waals surface area contributed by atoms with Crippen molar-refractivity contribution in [1.29, 1.82) is 0 Å². The van der Waals surface area contributed by atoms with E-state index in [1.807, 2.05) is 16.8 Å². The van der Waals surface area contributed by atoms with Crippen LogP contribution in [0.25, 0.3) is 11.5 Å². The fourth-order valence-corrected chi connectivity index (χ4v) is 2.83. The van der Waals surface area contributed by atoms with Gasteiger partial charge in [0.05, 0.1) is 25.0 Å². The van der Waals surface area contributed by atoms with Gasteiger partial charge in [-0.2, -0.15) is 11.3 Å². The molecule has 6 nitrogen and oxygen atoms in total. The van der Waals surface area contributed by atoms with Crippen LogP contribution in [0.4, 0.5) is 0 Å². The number of aryl methyl sites for hydroxylation is 1. The van der Waals surface area contributed by atoms with Crippen LogP contribution in [-0.2, 0) is 11.2 Å². The third kappa shape index (κ3) is 3.52. The van der Waals surface area contributed by atoms with Gasteiger partial charge >= 0.3 is 0 Å². The Hall–Kier alpha value is -2.38. The van der Waals surface area contributed by atoms with E-state index in [0.29, 0.717) is 23.1 Å². The van der Waals surface area contributed by atoms with E-state index in [2.05, 4.69) is 10.3 Å². The van der Waals surface area contributed by atoms with Crippen molar-refractivity contribution < 1.29 is 18.7 Å². The van der Waals surface area contributed by atoms with Crippen LogP contribution >= 0.6 is 11.3 Å². The highest BCUT2D eigenvalue weighted by molar-refractivity contribution is 7.08. The van der Waals surface area contributed by atoms with E-state index < -0.39 is 6.04 Å². The molecule has 3 heterocycles. The van der Waals surface area contributed by atoms with Crippen molar-refractivity contribution in [1.82, 2.24) is 10.3 Å². The van der Waals surface area contributed by atoms with Gasteiger partial charge in [0.1, 0.15) is 17.6 Å². The van der Waals surface area contributed by atoms with E-state index in [1.165, 1.54) is 6.26 Å². The van der Waals surface area contributed by atoms with Crippen LogP contribution < -0.4 is 5.32 Å². The number of nitrogens with one attached hydrogen (secondary N) is 1. The molecule has 3 rings (SSSR count). The summed E-state index contributed by atoms with van der Waals surface area (Å²) in [4.78, 5) is 16.6. The molecule has 0 bridgehead atoms. The molecule has 3 aromatic rings. The number of furan rings is 1. The Morgan fingerprint density at radius 1 is 1.48 bits per heavy atom. The monoisotopic (exact) mass is 332 g/mol. The summed E-state index contributed by atoms with van der Waals surface area (Å²) in [5.74, 6) is 1.38. The first kappa shape index (κ1) is 15.5. The Balaban J connectivity index is 1.68. The van der Waals surface area contributed by atoms with E-state index in [-0.39, 0.29) is 18.9 Å². The van der Waals surface area contributed by atoms with Crippen molar-refractivity contribution in [2.45, 2.75) is 19.4 Å². The summed E-state index contributed by atoms with van der Waals surface area (Å²) in [6, 6.07) is 4.76. The molecule has 0 radical (unpaired) electrons. The highest BCUT2D eigenvalue weighted by Crippen LogP contribution is 2.24. The van der Waals surface area contributed by atoms with Gasteiger partial charge in [-0.3, -0.25) is 4.79 Å². The maximum Gasteiger partial charge on any atom is 0.227 e. The molecule has 2 N–H and O–H groups in total. The summed E-state index contributed by atoms with van der Waals surface area (Å²) >= 11 is 1.56. The number of aromatic nitrogens is 1. The molecule has 0 spiro atoms. The maximum absolute atomic E-state index is 12.2. The first-order valence-electron chi connectivity index (χ1n) is 7.10. The number of hydrogen-bond donors (Lipinski definition) is 2. The van der Waals surface area contributed by atoms with Crippen LogP contribution in [0.2, 0.25) is 0 Å². The van der Waals surface area contributed by atoms with Crippen LogP contribution in [0.1, 0.15) is 23.3 Å². The molecular formula is C16H16N2O4S. The van der Waals surface area contributed by atoms with Crippen LogP contribution in [0.5, 0.6) is 0 Å². The molecule has 1 atom stereocenters. The lowest BCUT2D eigenvalue weighted by atomic mass is 10.2. The smallest absolute Gasteiger partial charge is 0.227 e. The summed E-state index contributed by atoms with van der Waals surface area (Å²) < 4.78 is 10.8. The molecule has 7 heteroatoms. The number of oxazole rings is 1. The lowest BCUT2D eigenvalue weighted by Crippen LogP contribution is -2.31. The van der Waals surface area contributed by atoms with E-state index in [4.69, 9.17) is 8.83 Å². The first-order chi connectivity index (χ1) is 11.2. The quantitative estimate of drug-likeness (QED) is 0.724. The van der Waals surface area contributed by atoms with Crippen molar-refractivity contribution in [3.8, 4) is 11.5 Å². The molecular weight excluding hydrogens is 316 g/mol. The minimum absolute atomic E-state index is 0.0800. The minimum atomic E-state index is -0.568. The van der Waals surface area contributed by atoms with Gasteiger partial charge in [0, 0.05) is 10.9 Å². The van der Waals surface area contributed by atoms with E-state index in [9.17, 15) is 9.90 Å². The molecule has 23 heavy (non-hydrogen) atoms. The zero-order valence-corrected chi connectivity index (χ0v) is 13.3. The van der Waals surface area contributed by atoms with Crippen LogP contribution in [-0.4, -0.2) is 22.6 Å². The number of hydrogen-bond acceptors (Lipinski definition) is 6. The van der Waals surface area contributed by atoms with Gasteiger partial charge in [-0.15, -0.1) is 0 Å². The van der Waals surface area contributed by atoms with Gasteiger partial charge in [0.15, 0.2) is 0 Å². The Bertz CT molecular complexity index is 762. The summed E-state index contributed by atoms with van der Waals surface area (Å²) in [6.07, 6.45) is 1.58. The number of nitrogens with zero attached hydrogens (tertiary/aromatic N) is 1. The standard InChI is InChI=1S/C16H16N2O4S/c1-10-12(18-16(22-10)11-4-6-23-9-11)7-15(20)17-13(8-19)14-3-2-5-21-14/h2-6,9,13,19H,7-8H2,1H3,(H,17,20). The molecule has 1 amide bonds. The zero-order chi connectivity index (χ0) is 16.2. The number of amides is 1. The molecule has 0 aliphatic rings. The molecule has 0 aliphatic carbocycles. The maximum atomic E-state index is 12.2. The number of aliphatic hydroxyl groups excluding tert-OH is 1.